The molecule has 6 nitrogen and oxygen atoms in total. The zero-order chi connectivity index (χ0) is 14.3. The normalized spacial score (nSPS) is 26.4. The van der Waals surface area contributed by atoms with E-state index >= 15 is 0 Å². The minimum Gasteiger partial charge on any atom is -0.390 e. The third-order valence-corrected chi connectivity index (χ3v) is 6.23. The van der Waals surface area contributed by atoms with Crippen molar-refractivity contribution in [1.29, 1.82) is 0 Å². The van der Waals surface area contributed by atoms with Gasteiger partial charge in [0.25, 0.3) is 0 Å². The van der Waals surface area contributed by atoms with Gasteiger partial charge in [0.2, 0.25) is 10.0 Å². The topological polar surface area (TPSA) is 101 Å². The van der Waals surface area contributed by atoms with Gasteiger partial charge >= 0.3 is 0 Å². The minimum absolute atomic E-state index is 0.0339. The van der Waals surface area contributed by atoms with Gasteiger partial charge in [-0.05, 0) is 24.3 Å². The average molecular weight is 326 g/mol. The number of halogens is 1. The van der Waals surface area contributed by atoms with Crippen LogP contribution in [0.4, 0.5) is 0 Å². The molecule has 0 bridgehead atoms. The summed E-state index contributed by atoms with van der Waals surface area (Å²) < 4.78 is 48.8. The zero-order valence-corrected chi connectivity index (χ0v) is 12.0. The number of benzene rings is 1. The molecule has 1 heterocycles. The number of aliphatic hydroxyl groups excluding tert-OH is 1. The molecule has 1 saturated heterocycles. The molecule has 1 aliphatic heterocycles. The number of rotatable bonds is 3. The highest BCUT2D eigenvalue weighted by molar-refractivity contribution is 7.92. The predicted octanol–water partition coefficient (Wildman–Crippen LogP) is -0.224. The summed E-state index contributed by atoms with van der Waals surface area (Å²) in [5, 5.41) is 9.94. The molecule has 0 saturated carbocycles. The van der Waals surface area contributed by atoms with Gasteiger partial charge in [-0.1, -0.05) is 11.6 Å². The van der Waals surface area contributed by atoms with Crippen molar-refractivity contribution in [2.75, 3.05) is 11.5 Å². The Hall–Kier alpha value is -0.670. The van der Waals surface area contributed by atoms with Crippen molar-refractivity contribution in [1.82, 2.24) is 4.72 Å². The molecule has 1 aliphatic rings. The third kappa shape index (κ3) is 3.46. The van der Waals surface area contributed by atoms with E-state index in [1.165, 1.54) is 24.3 Å². The third-order valence-electron chi connectivity index (χ3n) is 2.75. The van der Waals surface area contributed by atoms with Crippen LogP contribution in [-0.4, -0.2) is 45.6 Å². The second-order valence-corrected chi connectivity index (χ2v) is 8.63. The number of aliphatic hydroxyl groups is 1. The van der Waals surface area contributed by atoms with Gasteiger partial charge in [-0.15, -0.1) is 0 Å². The average Bonchev–Trinajstić information content (AvgIpc) is 2.51. The molecule has 2 rings (SSSR count). The van der Waals surface area contributed by atoms with E-state index in [1.54, 1.807) is 0 Å². The van der Waals surface area contributed by atoms with Crippen LogP contribution in [0.5, 0.6) is 0 Å². The van der Waals surface area contributed by atoms with Crippen LogP contribution in [-0.2, 0) is 19.9 Å². The Morgan fingerprint density at radius 2 is 1.79 bits per heavy atom. The Kier molecular flexibility index (Phi) is 3.90. The highest BCUT2D eigenvalue weighted by Crippen LogP contribution is 2.18. The van der Waals surface area contributed by atoms with Gasteiger partial charge in [-0.3, -0.25) is 0 Å². The maximum atomic E-state index is 12.0. The molecule has 0 unspecified atom stereocenters. The van der Waals surface area contributed by atoms with Crippen LogP contribution >= 0.6 is 11.6 Å². The summed E-state index contributed by atoms with van der Waals surface area (Å²) in [6.45, 7) is 0. The number of sulfonamides is 1. The zero-order valence-electron chi connectivity index (χ0n) is 9.65. The molecule has 0 radical (unpaired) electrons. The molecular weight excluding hydrogens is 314 g/mol. The molecule has 2 atom stereocenters. The van der Waals surface area contributed by atoms with E-state index in [0.717, 1.165) is 0 Å². The van der Waals surface area contributed by atoms with Crippen molar-refractivity contribution < 1.29 is 21.9 Å². The second-order valence-electron chi connectivity index (χ2n) is 4.33. The molecule has 2 N–H and O–H groups in total. The maximum absolute atomic E-state index is 12.0. The first-order valence-corrected chi connectivity index (χ1v) is 9.04. The van der Waals surface area contributed by atoms with Crippen molar-refractivity contribution in [3.8, 4) is 0 Å². The largest absolute Gasteiger partial charge is 0.390 e. The van der Waals surface area contributed by atoms with Crippen molar-refractivity contribution in [2.45, 2.75) is 17.0 Å². The van der Waals surface area contributed by atoms with Crippen LogP contribution in [0, 0.1) is 0 Å². The lowest BCUT2D eigenvalue weighted by molar-refractivity contribution is 0.176. The second kappa shape index (κ2) is 5.02. The molecule has 0 spiro atoms. The number of hydrogen-bond donors (Lipinski definition) is 2. The molecule has 1 aromatic rings. The monoisotopic (exact) mass is 325 g/mol. The maximum Gasteiger partial charge on any atom is 0.240 e. The molecule has 0 aromatic heterocycles. The summed E-state index contributed by atoms with van der Waals surface area (Å²) in [5.41, 5.74) is 0. The van der Waals surface area contributed by atoms with E-state index in [-0.39, 0.29) is 4.90 Å². The lowest BCUT2D eigenvalue weighted by Crippen LogP contribution is -2.42. The molecule has 0 aliphatic carbocycles. The lowest BCUT2D eigenvalue weighted by Gasteiger charge is -2.15. The van der Waals surface area contributed by atoms with Gasteiger partial charge in [-0.25, -0.2) is 21.6 Å². The summed E-state index contributed by atoms with van der Waals surface area (Å²) in [7, 11) is -7.28. The van der Waals surface area contributed by atoms with Crippen molar-refractivity contribution in [2.24, 2.45) is 0 Å². The van der Waals surface area contributed by atoms with Crippen molar-refractivity contribution in [3.63, 3.8) is 0 Å². The van der Waals surface area contributed by atoms with Crippen LogP contribution in [0.1, 0.15) is 0 Å². The molecule has 106 valence electrons. The van der Waals surface area contributed by atoms with Crippen LogP contribution in [0.2, 0.25) is 5.02 Å². The highest BCUT2D eigenvalue weighted by Gasteiger charge is 2.38. The Morgan fingerprint density at radius 3 is 2.26 bits per heavy atom. The summed E-state index contributed by atoms with van der Waals surface area (Å²) in [6.07, 6.45) is -1.23. The van der Waals surface area contributed by atoms with Crippen molar-refractivity contribution >= 4 is 31.5 Å². The van der Waals surface area contributed by atoms with Crippen molar-refractivity contribution in [3.05, 3.63) is 29.3 Å². The van der Waals surface area contributed by atoms with E-state index in [0.29, 0.717) is 5.02 Å². The van der Waals surface area contributed by atoms with E-state index in [4.69, 9.17) is 11.6 Å². The van der Waals surface area contributed by atoms with Crippen LogP contribution in [0.25, 0.3) is 0 Å². The van der Waals surface area contributed by atoms with Crippen LogP contribution in [0.15, 0.2) is 29.2 Å². The smallest absolute Gasteiger partial charge is 0.240 e. The van der Waals surface area contributed by atoms with Crippen LogP contribution in [0.3, 0.4) is 0 Å². The molecule has 0 amide bonds. The Bertz CT molecular complexity index is 668. The number of sulfone groups is 1. The Morgan fingerprint density at radius 1 is 1.21 bits per heavy atom. The number of hydrogen-bond acceptors (Lipinski definition) is 5. The van der Waals surface area contributed by atoms with Gasteiger partial charge in [0, 0.05) is 5.02 Å². The summed E-state index contributed by atoms with van der Waals surface area (Å²) in [6, 6.07) is 4.42. The Balaban J connectivity index is 2.21. The van der Waals surface area contributed by atoms with E-state index in [2.05, 4.69) is 4.72 Å². The fourth-order valence-electron chi connectivity index (χ4n) is 1.82. The first-order chi connectivity index (χ1) is 8.70. The highest BCUT2D eigenvalue weighted by atomic mass is 35.5. The molecular formula is C10H12ClNO5S2. The summed E-state index contributed by atoms with van der Waals surface area (Å²) in [4.78, 5) is -0.0339. The summed E-state index contributed by atoms with van der Waals surface area (Å²) >= 11 is 5.66. The Labute approximate surface area is 116 Å². The molecule has 19 heavy (non-hydrogen) atoms. The fraction of sp³-hybridized carbons (Fsp3) is 0.400. The minimum atomic E-state index is -3.88. The molecule has 9 heteroatoms. The van der Waals surface area contributed by atoms with E-state index < -0.39 is 43.5 Å². The fourth-order valence-corrected chi connectivity index (χ4v) is 5.06. The van der Waals surface area contributed by atoms with E-state index in [1.807, 2.05) is 0 Å². The predicted molar refractivity (Wildman–Crippen MR) is 70.2 cm³/mol. The standard InChI is InChI=1S/C10H12ClNO5S2/c11-7-1-3-8(4-2-7)19(16,17)12-9-5-18(14,15)6-10(9)13/h1-4,9-10,12-13H,5-6H2/t9-,10-/m0/s1. The molecule has 1 aromatic carbocycles. The first kappa shape index (κ1) is 14.7. The van der Waals surface area contributed by atoms with Gasteiger partial charge in [0.1, 0.15) is 0 Å². The van der Waals surface area contributed by atoms with Gasteiger partial charge in [0.05, 0.1) is 28.5 Å². The van der Waals surface area contributed by atoms with E-state index in [9.17, 15) is 21.9 Å². The van der Waals surface area contributed by atoms with Gasteiger partial charge in [-0.2, -0.15) is 0 Å². The summed E-state index contributed by atoms with van der Waals surface area (Å²) in [5.74, 6) is -0.832. The SMILES string of the molecule is O=S1(=O)C[C@H](NS(=O)(=O)c2ccc(Cl)cc2)[C@@H](O)C1. The first-order valence-electron chi connectivity index (χ1n) is 5.36. The molecule has 1 fully saturated rings. The van der Waals surface area contributed by atoms with Gasteiger partial charge < -0.3 is 5.11 Å². The van der Waals surface area contributed by atoms with Gasteiger partial charge in [0.15, 0.2) is 9.84 Å². The lowest BCUT2D eigenvalue weighted by atomic mass is 10.2. The quantitative estimate of drug-likeness (QED) is 0.800. The number of nitrogens with one attached hydrogen (secondary N) is 1. The van der Waals surface area contributed by atoms with Crippen LogP contribution < -0.4 is 4.72 Å².